The van der Waals surface area contributed by atoms with Crippen molar-refractivity contribution in [2.45, 2.75) is 11.8 Å². The highest BCUT2D eigenvalue weighted by atomic mass is 35.5. The van der Waals surface area contributed by atoms with Crippen molar-refractivity contribution in [2.24, 2.45) is 0 Å². The van der Waals surface area contributed by atoms with Gasteiger partial charge in [0, 0.05) is 15.6 Å². The van der Waals surface area contributed by atoms with Crippen LogP contribution in [0.25, 0.3) is 0 Å². The van der Waals surface area contributed by atoms with E-state index in [-0.39, 0.29) is 0 Å². The molecule has 16 heavy (non-hydrogen) atoms. The highest BCUT2D eigenvalue weighted by Crippen LogP contribution is 2.28. The standard InChI is InChI=1S/C13H12ClNS/c1-9-4-2-3-5-11(9)15-12-8-10(14)6-7-13(12)16/h2-8,15-16H,1H3. The Hall–Kier alpha value is -1.12. The molecule has 0 aliphatic heterocycles. The SMILES string of the molecule is Cc1ccccc1Nc1cc(Cl)ccc1S. The second kappa shape index (κ2) is 4.81. The number of anilines is 2. The molecule has 0 fully saturated rings. The lowest BCUT2D eigenvalue weighted by molar-refractivity contribution is 1.38. The summed E-state index contributed by atoms with van der Waals surface area (Å²) in [6.45, 7) is 2.06. The first-order chi connectivity index (χ1) is 7.66. The molecule has 1 N–H and O–H groups in total. The molecular formula is C13H12ClNS. The Balaban J connectivity index is 2.34. The third kappa shape index (κ3) is 2.52. The van der Waals surface area contributed by atoms with Gasteiger partial charge in [0.1, 0.15) is 0 Å². The van der Waals surface area contributed by atoms with Crippen molar-refractivity contribution >= 4 is 35.6 Å². The quantitative estimate of drug-likeness (QED) is 0.737. The lowest BCUT2D eigenvalue weighted by Gasteiger charge is -2.11. The maximum absolute atomic E-state index is 5.95. The Bertz CT molecular complexity index is 511. The number of para-hydroxylation sites is 1. The minimum absolute atomic E-state index is 0.703. The van der Waals surface area contributed by atoms with Gasteiger partial charge in [-0.05, 0) is 36.8 Å². The average Bonchev–Trinajstić information content (AvgIpc) is 2.27. The predicted molar refractivity (Wildman–Crippen MR) is 73.2 cm³/mol. The van der Waals surface area contributed by atoms with E-state index in [2.05, 4.69) is 30.9 Å². The Morgan fingerprint density at radius 1 is 1.06 bits per heavy atom. The van der Waals surface area contributed by atoms with Gasteiger partial charge in [-0.15, -0.1) is 12.6 Å². The van der Waals surface area contributed by atoms with Gasteiger partial charge in [0.2, 0.25) is 0 Å². The van der Waals surface area contributed by atoms with Crippen LogP contribution in [0.5, 0.6) is 0 Å². The molecule has 1 nitrogen and oxygen atoms in total. The second-order valence-corrected chi connectivity index (χ2v) is 4.52. The molecule has 2 aromatic rings. The predicted octanol–water partition coefficient (Wildman–Crippen LogP) is 4.68. The number of aryl methyl sites for hydroxylation is 1. The molecule has 0 aliphatic carbocycles. The smallest absolute Gasteiger partial charge is 0.0534 e. The zero-order valence-corrected chi connectivity index (χ0v) is 10.5. The minimum Gasteiger partial charge on any atom is -0.354 e. The van der Waals surface area contributed by atoms with Crippen LogP contribution in [0.2, 0.25) is 5.02 Å². The van der Waals surface area contributed by atoms with E-state index in [1.54, 1.807) is 0 Å². The molecule has 0 amide bonds. The average molecular weight is 250 g/mol. The van der Waals surface area contributed by atoms with Crippen LogP contribution < -0.4 is 5.32 Å². The maximum Gasteiger partial charge on any atom is 0.0534 e. The van der Waals surface area contributed by atoms with Crippen LogP contribution in [-0.2, 0) is 0 Å². The molecule has 0 bridgehead atoms. The van der Waals surface area contributed by atoms with Crippen LogP contribution in [0.15, 0.2) is 47.4 Å². The second-order valence-electron chi connectivity index (χ2n) is 3.60. The topological polar surface area (TPSA) is 12.0 Å². The highest BCUT2D eigenvalue weighted by molar-refractivity contribution is 7.80. The number of benzene rings is 2. The molecule has 0 aromatic heterocycles. The van der Waals surface area contributed by atoms with Crippen molar-refractivity contribution in [2.75, 3.05) is 5.32 Å². The zero-order chi connectivity index (χ0) is 11.5. The van der Waals surface area contributed by atoms with Crippen molar-refractivity contribution in [1.82, 2.24) is 0 Å². The number of rotatable bonds is 2. The molecule has 0 saturated carbocycles. The Kier molecular flexibility index (Phi) is 3.42. The largest absolute Gasteiger partial charge is 0.354 e. The molecule has 0 unspecified atom stereocenters. The summed E-state index contributed by atoms with van der Waals surface area (Å²) in [7, 11) is 0. The first kappa shape index (κ1) is 11.4. The maximum atomic E-state index is 5.95. The van der Waals surface area contributed by atoms with E-state index in [0.29, 0.717) is 5.02 Å². The zero-order valence-electron chi connectivity index (χ0n) is 8.87. The molecule has 0 atom stereocenters. The van der Waals surface area contributed by atoms with E-state index >= 15 is 0 Å². The Labute approximate surface area is 106 Å². The summed E-state index contributed by atoms with van der Waals surface area (Å²) in [5.74, 6) is 0. The fourth-order valence-electron chi connectivity index (χ4n) is 1.47. The van der Waals surface area contributed by atoms with Gasteiger partial charge in [-0.2, -0.15) is 0 Å². The lowest BCUT2D eigenvalue weighted by atomic mass is 10.2. The van der Waals surface area contributed by atoms with Crippen LogP contribution in [0.3, 0.4) is 0 Å². The molecule has 0 heterocycles. The van der Waals surface area contributed by atoms with E-state index in [1.165, 1.54) is 5.56 Å². The fourth-order valence-corrected chi connectivity index (χ4v) is 1.83. The van der Waals surface area contributed by atoms with Crippen LogP contribution in [-0.4, -0.2) is 0 Å². The summed E-state index contributed by atoms with van der Waals surface area (Å²) in [6.07, 6.45) is 0. The van der Waals surface area contributed by atoms with Gasteiger partial charge in [0.25, 0.3) is 0 Å². The van der Waals surface area contributed by atoms with E-state index in [1.807, 2.05) is 36.4 Å². The summed E-state index contributed by atoms with van der Waals surface area (Å²) in [4.78, 5) is 0.882. The molecular weight excluding hydrogens is 238 g/mol. The molecule has 2 aromatic carbocycles. The molecule has 0 spiro atoms. The number of hydrogen-bond donors (Lipinski definition) is 2. The first-order valence-corrected chi connectivity index (χ1v) is 5.80. The molecule has 0 saturated heterocycles. The lowest BCUT2D eigenvalue weighted by Crippen LogP contribution is -1.93. The number of thiol groups is 1. The van der Waals surface area contributed by atoms with Crippen LogP contribution >= 0.6 is 24.2 Å². The van der Waals surface area contributed by atoms with Crippen molar-refractivity contribution in [1.29, 1.82) is 0 Å². The molecule has 0 radical (unpaired) electrons. The number of halogens is 1. The van der Waals surface area contributed by atoms with Gasteiger partial charge in [-0.25, -0.2) is 0 Å². The summed E-state index contributed by atoms with van der Waals surface area (Å²) in [5, 5.41) is 4.02. The third-order valence-corrected chi connectivity index (χ3v) is 3.00. The molecule has 2 rings (SSSR count). The van der Waals surface area contributed by atoms with Gasteiger partial charge >= 0.3 is 0 Å². The minimum atomic E-state index is 0.703. The molecule has 82 valence electrons. The normalized spacial score (nSPS) is 10.2. The number of nitrogens with one attached hydrogen (secondary N) is 1. The summed E-state index contributed by atoms with van der Waals surface area (Å²) >= 11 is 10.3. The molecule has 0 aliphatic rings. The summed E-state index contributed by atoms with van der Waals surface area (Å²) < 4.78 is 0. The van der Waals surface area contributed by atoms with Crippen molar-refractivity contribution < 1.29 is 0 Å². The first-order valence-electron chi connectivity index (χ1n) is 4.98. The van der Waals surface area contributed by atoms with Gasteiger partial charge in [0.05, 0.1) is 5.69 Å². The Morgan fingerprint density at radius 2 is 1.81 bits per heavy atom. The van der Waals surface area contributed by atoms with E-state index < -0.39 is 0 Å². The monoisotopic (exact) mass is 249 g/mol. The van der Waals surface area contributed by atoms with E-state index in [0.717, 1.165) is 16.3 Å². The van der Waals surface area contributed by atoms with Crippen LogP contribution in [0, 0.1) is 6.92 Å². The van der Waals surface area contributed by atoms with Crippen molar-refractivity contribution in [3.05, 3.63) is 53.1 Å². The van der Waals surface area contributed by atoms with Crippen LogP contribution in [0.4, 0.5) is 11.4 Å². The van der Waals surface area contributed by atoms with Gasteiger partial charge in [0.15, 0.2) is 0 Å². The van der Waals surface area contributed by atoms with Crippen LogP contribution in [0.1, 0.15) is 5.56 Å². The van der Waals surface area contributed by atoms with E-state index in [4.69, 9.17) is 11.6 Å². The third-order valence-electron chi connectivity index (χ3n) is 2.37. The Morgan fingerprint density at radius 3 is 2.56 bits per heavy atom. The van der Waals surface area contributed by atoms with Gasteiger partial charge in [-0.1, -0.05) is 29.8 Å². The fraction of sp³-hybridized carbons (Fsp3) is 0.0769. The highest BCUT2D eigenvalue weighted by Gasteiger charge is 2.02. The van der Waals surface area contributed by atoms with Gasteiger partial charge in [-0.3, -0.25) is 0 Å². The summed E-state index contributed by atoms with van der Waals surface area (Å²) in [6, 6.07) is 13.7. The van der Waals surface area contributed by atoms with E-state index in [9.17, 15) is 0 Å². The number of hydrogen-bond acceptors (Lipinski definition) is 2. The van der Waals surface area contributed by atoms with Crippen molar-refractivity contribution in [3.8, 4) is 0 Å². The van der Waals surface area contributed by atoms with Gasteiger partial charge < -0.3 is 5.32 Å². The van der Waals surface area contributed by atoms with Crippen molar-refractivity contribution in [3.63, 3.8) is 0 Å². The molecule has 3 heteroatoms. The summed E-state index contributed by atoms with van der Waals surface area (Å²) in [5.41, 5.74) is 3.18.